The van der Waals surface area contributed by atoms with E-state index in [9.17, 15) is 18.0 Å². The van der Waals surface area contributed by atoms with Gasteiger partial charge in [0.2, 0.25) is 0 Å². The molecule has 4 aromatic rings. The van der Waals surface area contributed by atoms with Crippen LogP contribution in [0.15, 0.2) is 96.1 Å². The Balaban J connectivity index is 1.35. The van der Waals surface area contributed by atoms with Crippen LogP contribution < -0.4 is 10.2 Å². The van der Waals surface area contributed by atoms with Gasteiger partial charge in [-0.3, -0.25) is 4.79 Å². The number of hydrogen-bond acceptors (Lipinski definition) is 3. The number of carbonyl (C=O) groups is 1. The molecule has 7 heteroatoms. The zero-order chi connectivity index (χ0) is 23.3. The monoisotopic (exact) mass is 448 g/mol. The van der Waals surface area contributed by atoms with Gasteiger partial charge in [0.25, 0.3) is 5.91 Å². The Hall–Kier alpha value is -4.13. The maximum atomic E-state index is 12.8. The Kier molecular flexibility index (Phi) is 6.40. The standard InChI is InChI=1S/C26H19F3N2O2/c27-26(28,29)22-9-3-5-18(15-22)16-30-31-25(32)20-11-13-23(14-12-20)33-17-21-8-4-7-19-6-1-2-10-24(19)21/h1-16H,17H2,(H,31,32)/b30-16+. The highest BCUT2D eigenvalue weighted by Gasteiger charge is 2.30. The van der Waals surface area contributed by atoms with Gasteiger partial charge in [0.15, 0.2) is 0 Å². The van der Waals surface area contributed by atoms with Gasteiger partial charge in [-0.15, -0.1) is 0 Å². The smallest absolute Gasteiger partial charge is 0.416 e. The van der Waals surface area contributed by atoms with Gasteiger partial charge in [-0.1, -0.05) is 54.6 Å². The molecule has 0 aliphatic heterocycles. The molecular formula is C26H19F3N2O2. The van der Waals surface area contributed by atoms with Gasteiger partial charge in [-0.25, -0.2) is 5.43 Å². The molecule has 0 atom stereocenters. The third-order valence-corrected chi connectivity index (χ3v) is 4.98. The molecule has 0 spiro atoms. The van der Waals surface area contributed by atoms with E-state index < -0.39 is 17.6 Å². The molecule has 0 saturated carbocycles. The van der Waals surface area contributed by atoms with Crippen molar-refractivity contribution >= 4 is 22.9 Å². The van der Waals surface area contributed by atoms with Gasteiger partial charge in [0.1, 0.15) is 12.4 Å². The topological polar surface area (TPSA) is 50.7 Å². The summed E-state index contributed by atoms with van der Waals surface area (Å²) in [5, 5.41) is 6.00. The Bertz CT molecular complexity index is 1290. The first-order valence-corrected chi connectivity index (χ1v) is 10.1. The maximum Gasteiger partial charge on any atom is 0.416 e. The largest absolute Gasteiger partial charge is 0.489 e. The summed E-state index contributed by atoms with van der Waals surface area (Å²) in [6.45, 7) is 0.383. The predicted molar refractivity (Wildman–Crippen MR) is 121 cm³/mol. The van der Waals surface area contributed by atoms with Crippen molar-refractivity contribution < 1.29 is 22.7 Å². The van der Waals surface area contributed by atoms with E-state index >= 15 is 0 Å². The molecule has 0 aliphatic carbocycles. The van der Waals surface area contributed by atoms with Crippen LogP contribution >= 0.6 is 0 Å². The van der Waals surface area contributed by atoms with E-state index in [4.69, 9.17) is 4.74 Å². The number of carbonyl (C=O) groups excluding carboxylic acids is 1. The van der Waals surface area contributed by atoms with Crippen LogP contribution in [0.5, 0.6) is 5.75 Å². The molecule has 0 saturated heterocycles. The minimum atomic E-state index is -4.44. The second-order valence-corrected chi connectivity index (χ2v) is 7.27. The fraction of sp³-hybridized carbons (Fsp3) is 0.0769. The summed E-state index contributed by atoms with van der Waals surface area (Å²) in [5.41, 5.74) is 3.15. The first-order valence-electron chi connectivity index (χ1n) is 10.1. The Morgan fingerprint density at radius 1 is 0.909 bits per heavy atom. The minimum absolute atomic E-state index is 0.224. The van der Waals surface area contributed by atoms with Crippen LogP contribution in [0.4, 0.5) is 13.2 Å². The molecule has 4 rings (SSSR count). The quantitative estimate of drug-likeness (QED) is 0.282. The first-order chi connectivity index (χ1) is 15.9. The predicted octanol–water partition coefficient (Wildman–Crippen LogP) is 6.20. The van der Waals surface area contributed by atoms with E-state index in [0.29, 0.717) is 17.9 Å². The van der Waals surface area contributed by atoms with Crippen molar-refractivity contribution in [3.8, 4) is 5.75 Å². The lowest BCUT2D eigenvalue weighted by atomic mass is 10.1. The van der Waals surface area contributed by atoms with Crippen LogP contribution in [-0.4, -0.2) is 12.1 Å². The van der Waals surface area contributed by atoms with Crippen LogP contribution in [0.25, 0.3) is 10.8 Å². The van der Waals surface area contributed by atoms with E-state index in [1.807, 2.05) is 42.5 Å². The number of benzene rings is 4. The van der Waals surface area contributed by atoms with Crippen molar-refractivity contribution in [2.24, 2.45) is 5.10 Å². The summed E-state index contributed by atoms with van der Waals surface area (Å²) in [7, 11) is 0. The number of hydrazone groups is 1. The lowest BCUT2D eigenvalue weighted by Gasteiger charge is -2.09. The molecule has 4 nitrogen and oxygen atoms in total. The lowest BCUT2D eigenvalue weighted by molar-refractivity contribution is -0.137. The van der Waals surface area contributed by atoms with Gasteiger partial charge in [-0.05, 0) is 58.3 Å². The normalized spacial score (nSPS) is 11.6. The molecule has 0 aliphatic rings. The van der Waals surface area contributed by atoms with Crippen LogP contribution in [0.3, 0.4) is 0 Å². The SMILES string of the molecule is O=C(N/N=C/c1cccc(C(F)(F)F)c1)c1ccc(OCc2cccc3ccccc23)cc1. The second-order valence-electron chi connectivity index (χ2n) is 7.27. The summed E-state index contributed by atoms with van der Waals surface area (Å²) in [6.07, 6.45) is -3.28. The Labute approximate surface area is 188 Å². The molecule has 0 unspecified atom stereocenters. The number of amides is 1. The summed E-state index contributed by atoms with van der Waals surface area (Å²) < 4.78 is 44.2. The molecule has 33 heavy (non-hydrogen) atoms. The summed E-state index contributed by atoms with van der Waals surface area (Å²) >= 11 is 0. The van der Waals surface area contributed by atoms with E-state index in [2.05, 4.69) is 10.5 Å². The molecule has 0 radical (unpaired) electrons. The Morgan fingerprint density at radius 3 is 2.42 bits per heavy atom. The van der Waals surface area contributed by atoms with Crippen LogP contribution in [0, 0.1) is 0 Å². The van der Waals surface area contributed by atoms with Crippen molar-refractivity contribution in [1.82, 2.24) is 5.43 Å². The molecule has 0 fully saturated rings. The molecule has 0 heterocycles. The zero-order valence-electron chi connectivity index (χ0n) is 17.3. The average molecular weight is 448 g/mol. The maximum absolute atomic E-state index is 12.8. The molecule has 166 valence electrons. The van der Waals surface area contributed by atoms with Crippen molar-refractivity contribution in [3.05, 3.63) is 113 Å². The molecule has 4 aromatic carbocycles. The number of nitrogens with one attached hydrogen (secondary N) is 1. The van der Waals surface area contributed by atoms with Crippen LogP contribution in [0.2, 0.25) is 0 Å². The molecule has 1 amide bonds. The van der Waals surface area contributed by atoms with E-state index in [1.165, 1.54) is 12.1 Å². The first kappa shape index (κ1) is 22.1. The van der Waals surface area contributed by atoms with Gasteiger partial charge in [0, 0.05) is 5.56 Å². The second kappa shape index (κ2) is 9.56. The van der Waals surface area contributed by atoms with Crippen LogP contribution in [-0.2, 0) is 12.8 Å². The highest BCUT2D eigenvalue weighted by atomic mass is 19.4. The number of nitrogens with zero attached hydrogens (tertiary/aromatic N) is 1. The molecule has 0 bridgehead atoms. The number of alkyl halides is 3. The van der Waals surface area contributed by atoms with Gasteiger partial charge < -0.3 is 4.74 Å². The molecule has 1 N–H and O–H groups in total. The third-order valence-electron chi connectivity index (χ3n) is 4.98. The van der Waals surface area contributed by atoms with Gasteiger partial charge >= 0.3 is 6.18 Å². The Morgan fingerprint density at radius 2 is 1.64 bits per heavy atom. The number of halogens is 3. The van der Waals surface area contributed by atoms with E-state index in [1.54, 1.807) is 24.3 Å². The highest BCUT2D eigenvalue weighted by Crippen LogP contribution is 2.29. The summed E-state index contributed by atoms with van der Waals surface area (Å²) in [5.74, 6) is 0.116. The third kappa shape index (κ3) is 5.57. The highest BCUT2D eigenvalue weighted by molar-refractivity contribution is 5.95. The minimum Gasteiger partial charge on any atom is -0.489 e. The van der Waals surface area contributed by atoms with Crippen molar-refractivity contribution in [2.45, 2.75) is 12.8 Å². The van der Waals surface area contributed by atoms with Crippen molar-refractivity contribution in [1.29, 1.82) is 0 Å². The fourth-order valence-corrected chi connectivity index (χ4v) is 3.31. The van der Waals surface area contributed by atoms with Crippen molar-refractivity contribution in [2.75, 3.05) is 0 Å². The fourth-order valence-electron chi connectivity index (χ4n) is 3.31. The van der Waals surface area contributed by atoms with Crippen molar-refractivity contribution in [3.63, 3.8) is 0 Å². The number of fused-ring (bicyclic) bond motifs is 1. The van der Waals surface area contributed by atoms with E-state index in [0.717, 1.165) is 34.7 Å². The van der Waals surface area contributed by atoms with Crippen LogP contribution in [0.1, 0.15) is 27.0 Å². The molecular weight excluding hydrogens is 429 g/mol. The molecule has 0 aromatic heterocycles. The number of hydrogen-bond donors (Lipinski definition) is 1. The lowest BCUT2D eigenvalue weighted by Crippen LogP contribution is -2.17. The number of rotatable bonds is 6. The van der Waals surface area contributed by atoms with Gasteiger partial charge in [0.05, 0.1) is 11.8 Å². The zero-order valence-corrected chi connectivity index (χ0v) is 17.3. The number of ether oxygens (including phenoxy) is 1. The average Bonchev–Trinajstić information content (AvgIpc) is 2.82. The van der Waals surface area contributed by atoms with Gasteiger partial charge in [-0.2, -0.15) is 18.3 Å². The summed E-state index contributed by atoms with van der Waals surface area (Å²) in [6, 6.07) is 25.3. The van der Waals surface area contributed by atoms with E-state index in [-0.39, 0.29) is 5.56 Å². The summed E-state index contributed by atoms with van der Waals surface area (Å²) in [4.78, 5) is 12.3.